The minimum atomic E-state index is -0.0509. The van der Waals surface area contributed by atoms with Gasteiger partial charge in [0.25, 0.3) is 5.56 Å². The van der Waals surface area contributed by atoms with Crippen molar-refractivity contribution in [2.45, 2.75) is 65.8 Å². The lowest BCUT2D eigenvalue weighted by atomic mass is 10.2. The third-order valence-corrected chi connectivity index (χ3v) is 4.45. The Labute approximate surface area is 137 Å². The van der Waals surface area contributed by atoms with Gasteiger partial charge in [0.15, 0.2) is 0 Å². The third-order valence-electron chi connectivity index (χ3n) is 4.45. The Morgan fingerprint density at radius 1 is 1.35 bits per heavy atom. The SMILES string of the molecule is CCC(C)C.Cc1ncc2c(N)cc(=O)n(C3CCCC3)c2n1. The van der Waals surface area contributed by atoms with E-state index >= 15 is 0 Å². The molecule has 3 rings (SSSR count). The summed E-state index contributed by atoms with van der Waals surface area (Å²) in [6.45, 7) is 8.47. The number of anilines is 1. The number of nitrogens with two attached hydrogens (primary N) is 1. The van der Waals surface area contributed by atoms with Crippen LogP contribution < -0.4 is 11.3 Å². The predicted octanol–water partition coefficient (Wildman–Crippen LogP) is 3.85. The number of hydrogen-bond donors (Lipinski definition) is 1. The first-order valence-electron chi connectivity index (χ1n) is 8.58. The average molecular weight is 316 g/mol. The predicted molar refractivity (Wildman–Crippen MR) is 95.6 cm³/mol. The molecule has 5 nitrogen and oxygen atoms in total. The van der Waals surface area contributed by atoms with Gasteiger partial charge in [-0.2, -0.15) is 0 Å². The third kappa shape index (κ3) is 4.09. The molecule has 0 unspecified atom stereocenters. The van der Waals surface area contributed by atoms with E-state index in [0.717, 1.165) is 24.1 Å². The molecule has 1 fully saturated rings. The minimum Gasteiger partial charge on any atom is -0.398 e. The lowest BCUT2D eigenvalue weighted by Gasteiger charge is -2.16. The van der Waals surface area contributed by atoms with Gasteiger partial charge in [-0.15, -0.1) is 0 Å². The normalized spacial score (nSPS) is 15.0. The Hall–Kier alpha value is -1.91. The van der Waals surface area contributed by atoms with E-state index in [1.165, 1.54) is 25.3 Å². The molecule has 0 saturated heterocycles. The zero-order valence-electron chi connectivity index (χ0n) is 14.7. The molecule has 1 saturated carbocycles. The molecule has 2 N–H and O–H groups in total. The standard InChI is InChI=1S/C13H16N4O.C5H12/c1-8-15-7-10-11(14)6-12(18)17(13(10)16-8)9-4-2-3-5-9;1-4-5(2)3/h6-7,9H,2-5,14H2,1H3;5H,4H2,1-3H3. The number of nitrogen functional groups attached to an aromatic ring is 1. The van der Waals surface area contributed by atoms with Gasteiger partial charge in [-0.25, -0.2) is 9.97 Å². The number of fused-ring (bicyclic) bond motifs is 1. The van der Waals surface area contributed by atoms with Crippen LogP contribution in [-0.2, 0) is 0 Å². The summed E-state index contributed by atoms with van der Waals surface area (Å²) in [5.74, 6) is 1.55. The first kappa shape index (κ1) is 17.4. The van der Waals surface area contributed by atoms with Gasteiger partial charge < -0.3 is 5.73 Å². The zero-order valence-corrected chi connectivity index (χ0v) is 14.7. The smallest absolute Gasteiger partial charge is 0.254 e. The van der Waals surface area contributed by atoms with Crippen LogP contribution in [0.3, 0.4) is 0 Å². The zero-order chi connectivity index (χ0) is 17.0. The van der Waals surface area contributed by atoms with E-state index in [1.54, 1.807) is 10.8 Å². The van der Waals surface area contributed by atoms with Crippen molar-refractivity contribution >= 4 is 16.7 Å². The van der Waals surface area contributed by atoms with Crippen molar-refractivity contribution < 1.29 is 0 Å². The Morgan fingerprint density at radius 3 is 2.52 bits per heavy atom. The Balaban J connectivity index is 0.000000338. The van der Waals surface area contributed by atoms with E-state index in [4.69, 9.17) is 5.73 Å². The van der Waals surface area contributed by atoms with E-state index in [0.29, 0.717) is 17.2 Å². The first-order valence-corrected chi connectivity index (χ1v) is 8.58. The number of rotatable bonds is 2. The van der Waals surface area contributed by atoms with Gasteiger partial charge in [0.1, 0.15) is 11.5 Å². The van der Waals surface area contributed by atoms with Gasteiger partial charge in [0.2, 0.25) is 0 Å². The van der Waals surface area contributed by atoms with E-state index in [-0.39, 0.29) is 11.6 Å². The molecule has 5 heteroatoms. The maximum atomic E-state index is 12.2. The molecule has 0 spiro atoms. The monoisotopic (exact) mass is 316 g/mol. The lowest BCUT2D eigenvalue weighted by molar-refractivity contribution is 0.515. The molecule has 2 heterocycles. The quantitative estimate of drug-likeness (QED) is 0.913. The fourth-order valence-corrected chi connectivity index (χ4v) is 2.75. The highest BCUT2D eigenvalue weighted by molar-refractivity contribution is 5.86. The van der Waals surface area contributed by atoms with Crippen LogP contribution in [0.25, 0.3) is 11.0 Å². The second-order valence-electron chi connectivity index (χ2n) is 6.70. The van der Waals surface area contributed by atoms with Crippen LogP contribution in [0, 0.1) is 12.8 Å². The highest BCUT2D eigenvalue weighted by Gasteiger charge is 2.21. The van der Waals surface area contributed by atoms with E-state index < -0.39 is 0 Å². The molecule has 0 atom stereocenters. The summed E-state index contributed by atoms with van der Waals surface area (Å²) in [6, 6.07) is 1.74. The van der Waals surface area contributed by atoms with Gasteiger partial charge in [-0.3, -0.25) is 9.36 Å². The summed E-state index contributed by atoms with van der Waals surface area (Å²) < 4.78 is 1.80. The van der Waals surface area contributed by atoms with Crippen LogP contribution in [0.2, 0.25) is 0 Å². The van der Waals surface area contributed by atoms with Gasteiger partial charge in [-0.1, -0.05) is 40.0 Å². The Bertz CT molecular complexity index is 715. The summed E-state index contributed by atoms with van der Waals surface area (Å²) in [7, 11) is 0. The summed E-state index contributed by atoms with van der Waals surface area (Å²) in [6.07, 6.45) is 7.45. The molecule has 0 radical (unpaired) electrons. The molecule has 1 aliphatic carbocycles. The minimum absolute atomic E-state index is 0.0509. The number of nitrogens with zero attached hydrogens (tertiary/aromatic N) is 3. The van der Waals surface area contributed by atoms with Crippen molar-refractivity contribution in [3.8, 4) is 0 Å². The number of aryl methyl sites for hydroxylation is 1. The lowest BCUT2D eigenvalue weighted by Crippen LogP contribution is -2.24. The highest BCUT2D eigenvalue weighted by atomic mass is 16.1. The largest absolute Gasteiger partial charge is 0.398 e. The van der Waals surface area contributed by atoms with Crippen molar-refractivity contribution in [2.75, 3.05) is 5.73 Å². The molecule has 0 aliphatic heterocycles. The van der Waals surface area contributed by atoms with Gasteiger partial charge in [-0.05, 0) is 25.7 Å². The van der Waals surface area contributed by atoms with Gasteiger partial charge in [0.05, 0.1) is 5.39 Å². The molecule has 0 amide bonds. The second-order valence-corrected chi connectivity index (χ2v) is 6.70. The van der Waals surface area contributed by atoms with Crippen LogP contribution in [0.1, 0.15) is 64.7 Å². The number of pyridine rings is 1. The van der Waals surface area contributed by atoms with Crippen LogP contribution >= 0.6 is 0 Å². The van der Waals surface area contributed by atoms with Crippen LogP contribution in [0.4, 0.5) is 5.69 Å². The number of aromatic nitrogens is 3. The maximum absolute atomic E-state index is 12.2. The highest BCUT2D eigenvalue weighted by Crippen LogP contribution is 2.31. The molecule has 23 heavy (non-hydrogen) atoms. The fraction of sp³-hybridized carbons (Fsp3) is 0.611. The average Bonchev–Trinajstić information content (AvgIpc) is 3.01. The topological polar surface area (TPSA) is 73.8 Å². The molecule has 1 aliphatic rings. The molecule has 0 bridgehead atoms. The number of hydrogen-bond acceptors (Lipinski definition) is 4. The van der Waals surface area contributed by atoms with E-state index in [9.17, 15) is 4.79 Å². The Kier molecular flexibility index (Phi) is 5.74. The van der Waals surface area contributed by atoms with Crippen molar-refractivity contribution in [3.63, 3.8) is 0 Å². The van der Waals surface area contributed by atoms with Crippen LogP contribution in [0.15, 0.2) is 17.1 Å². The fourth-order valence-electron chi connectivity index (χ4n) is 2.75. The van der Waals surface area contributed by atoms with E-state index in [2.05, 4.69) is 30.7 Å². The Morgan fingerprint density at radius 2 is 1.96 bits per heavy atom. The molecular weight excluding hydrogens is 288 g/mol. The summed E-state index contributed by atoms with van der Waals surface area (Å²) in [5, 5.41) is 0.770. The molecule has 126 valence electrons. The van der Waals surface area contributed by atoms with Crippen LogP contribution in [-0.4, -0.2) is 14.5 Å². The molecule has 2 aromatic heterocycles. The van der Waals surface area contributed by atoms with Crippen molar-refractivity contribution in [3.05, 3.63) is 28.4 Å². The molecule has 2 aromatic rings. The first-order chi connectivity index (χ1) is 10.9. The second kappa shape index (κ2) is 7.57. The van der Waals surface area contributed by atoms with E-state index in [1.807, 2.05) is 6.92 Å². The van der Waals surface area contributed by atoms with Crippen LogP contribution in [0.5, 0.6) is 0 Å². The van der Waals surface area contributed by atoms with Crippen molar-refractivity contribution in [1.29, 1.82) is 0 Å². The van der Waals surface area contributed by atoms with Gasteiger partial charge in [0, 0.05) is 24.0 Å². The summed E-state index contributed by atoms with van der Waals surface area (Å²) in [4.78, 5) is 20.7. The maximum Gasteiger partial charge on any atom is 0.254 e. The van der Waals surface area contributed by atoms with Gasteiger partial charge >= 0.3 is 0 Å². The molecular formula is C18H28N4O. The summed E-state index contributed by atoms with van der Waals surface area (Å²) in [5.41, 5.74) is 6.97. The van der Waals surface area contributed by atoms with Crippen molar-refractivity contribution in [2.24, 2.45) is 5.92 Å². The summed E-state index contributed by atoms with van der Waals surface area (Å²) >= 11 is 0. The molecule has 0 aromatic carbocycles. The van der Waals surface area contributed by atoms with Crippen molar-refractivity contribution in [1.82, 2.24) is 14.5 Å².